The lowest BCUT2D eigenvalue weighted by atomic mass is 9.95. The second kappa shape index (κ2) is 19.8. The third-order valence-electron chi connectivity index (χ3n) is 8.92. The Morgan fingerprint density at radius 3 is 2.00 bits per heavy atom. The number of nitrogens with zero attached hydrogens (tertiary/aromatic N) is 1. The summed E-state index contributed by atoms with van der Waals surface area (Å²) in [5.41, 5.74) is 3.37. The Bertz CT molecular complexity index is 973. The molecule has 2 fully saturated rings. The lowest BCUT2D eigenvalue weighted by molar-refractivity contribution is -0.123. The van der Waals surface area contributed by atoms with Gasteiger partial charge in [-0.1, -0.05) is 75.3 Å². The number of carbonyl (C=O) groups is 1. The van der Waals surface area contributed by atoms with Crippen LogP contribution in [0, 0.1) is 0 Å². The minimum Gasteiger partial charge on any atom is -0.351 e. The van der Waals surface area contributed by atoms with E-state index in [2.05, 4.69) is 55.8 Å². The van der Waals surface area contributed by atoms with Crippen molar-refractivity contribution in [3.63, 3.8) is 0 Å². The smallest absolute Gasteiger partial charge is 0.237 e. The molecule has 0 radical (unpaired) electrons. The van der Waals surface area contributed by atoms with Crippen LogP contribution in [0.15, 0.2) is 48.7 Å². The Morgan fingerprint density at radius 1 is 0.714 bits per heavy atom. The van der Waals surface area contributed by atoms with Crippen LogP contribution in [0.4, 0.5) is 0 Å². The van der Waals surface area contributed by atoms with Crippen molar-refractivity contribution >= 4 is 5.91 Å². The zero-order valence-electron chi connectivity index (χ0n) is 25.8. The summed E-state index contributed by atoms with van der Waals surface area (Å²) in [5, 5.41) is 17.7. The van der Waals surface area contributed by atoms with E-state index in [1.165, 1.54) is 69.8 Å². The van der Waals surface area contributed by atoms with Crippen LogP contribution in [0.2, 0.25) is 0 Å². The predicted molar refractivity (Wildman–Crippen MR) is 173 cm³/mol. The SMILES string of the molecule is O=C(NCc1ccc(CNCCCNC2CCCCC2)cc1)[C@H](CCCCNC1CCCCC1)NCc1ccccn1. The molecule has 232 valence electrons. The van der Waals surface area contributed by atoms with Crippen molar-refractivity contribution in [2.45, 2.75) is 128 Å². The summed E-state index contributed by atoms with van der Waals surface area (Å²) in [6.07, 6.45) is 19.5. The first-order valence-corrected chi connectivity index (χ1v) is 16.9. The summed E-state index contributed by atoms with van der Waals surface area (Å²) in [4.78, 5) is 17.6. The number of nitrogens with one attached hydrogen (secondary N) is 5. The first-order valence-electron chi connectivity index (χ1n) is 16.9. The second-order valence-electron chi connectivity index (χ2n) is 12.4. The Kier molecular flexibility index (Phi) is 15.4. The van der Waals surface area contributed by atoms with E-state index in [9.17, 15) is 4.79 Å². The van der Waals surface area contributed by atoms with Gasteiger partial charge in [-0.05, 0) is 87.8 Å². The molecule has 1 heterocycles. The largest absolute Gasteiger partial charge is 0.351 e. The highest BCUT2D eigenvalue weighted by Crippen LogP contribution is 2.18. The maximum atomic E-state index is 13.2. The van der Waals surface area contributed by atoms with E-state index < -0.39 is 0 Å². The molecule has 2 aliphatic rings. The van der Waals surface area contributed by atoms with Crippen LogP contribution in [-0.2, 0) is 24.4 Å². The molecule has 1 aromatic carbocycles. The van der Waals surface area contributed by atoms with Gasteiger partial charge in [0.05, 0.1) is 11.7 Å². The molecule has 2 aliphatic carbocycles. The summed E-state index contributed by atoms with van der Waals surface area (Å²) in [5.74, 6) is 0.0683. The van der Waals surface area contributed by atoms with Gasteiger partial charge in [0.25, 0.3) is 0 Å². The van der Waals surface area contributed by atoms with E-state index >= 15 is 0 Å². The standard InChI is InChI=1S/C35H56N6O/c42-35(34(40-28-33-16-7-9-24-39-33)17-8-10-23-37-31-12-3-1-4-13-31)41-27-30-20-18-29(19-21-30)26-36-22-11-25-38-32-14-5-2-6-15-32/h7,9,16,18-21,24,31-32,34,36-38,40H,1-6,8,10-15,17,22-23,25-28H2,(H,41,42)/t34-/m0/s1. The second-order valence-corrected chi connectivity index (χ2v) is 12.4. The number of hydrogen-bond acceptors (Lipinski definition) is 6. The van der Waals surface area contributed by atoms with Crippen LogP contribution in [0.25, 0.3) is 0 Å². The van der Waals surface area contributed by atoms with E-state index in [-0.39, 0.29) is 11.9 Å². The molecule has 0 saturated heterocycles. The summed E-state index contributed by atoms with van der Waals surface area (Å²) in [7, 11) is 0. The number of rotatable bonds is 19. The van der Waals surface area contributed by atoms with Gasteiger partial charge >= 0.3 is 0 Å². The molecule has 0 unspecified atom stereocenters. The van der Waals surface area contributed by atoms with Crippen molar-refractivity contribution in [1.29, 1.82) is 0 Å². The lowest BCUT2D eigenvalue weighted by Gasteiger charge is -2.23. The van der Waals surface area contributed by atoms with Crippen LogP contribution in [0.3, 0.4) is 0 Å². The van der Waals surface area contributed by atoms with Crippen LogP contribution in [0.1, 0.15) is 107 Å². The molecule has 2 aromatic rings. The van der Waals surface area contributed by atoms with Gasteiger partial charge in [-0.2, -0.15) is 0 Å². The van der Waals surface area contributed by atoms with Gasteiger partial charge in [-0.3, -0.25) is 9.78 Å². The van der Waals surface area contributed by atoms with Crippen LogP contribution >= 0.6 is 0 Å². The normalized spacial score (nSPS) is 17.2. The number of pyridine rings is 1. The molecular formula is C35H56N6O. The number of unbranched alkanes of at least 4 members (excludes halogenated alkanes) is 1. The third kappa shape index (κ3) is 12.9. The monoisotopic (exact) mass is 576 g/mol. The molecule has 42 heavy (non-hydrogen) atoms. The van der Waals surface area contributed by atoms with Crippen molar-refractivity contribution in [3.8, 4) is 0 Å². The molecule has 5 N–H and O–H groups in total. The van der Waals surface area contributed by atoms with Gasteiger partial charge in [0.1, 0.15) is 0 Å². The zero-order valence-corrected chi connectivity index (χ0v) is 25.8. The molecule has 1 atom stereocenters. The fraction of sp³-hybridized carbons (Fsp3) is 0.657. The van der Waals surface area contributed by atoms with Crippen molar-refractivity contribution in [1.82, 2.24) is 31.6 Å². The molecular weight excluding hydrogens is 520 g/mol. The van der Waals surface area contributed by atoms with Crippen molar-refractivity contribution in [2.75, 3.05) is 19.6 Å². The molecule has 1 aromatic heterocycles. The highest BCUT2D eigenvalue weighted by molar-refractivity contribution is 5.81. The van der Waals surface area contributed by atoms with E-state index in [0.29, 0.717) is 19.1 Å². The Labute approximate surface area is 254 Å². The highest BCUT2D eigenvalue weighted by atomic mass is 16.2. The zero-order chi connectivity index (χ0) is 29.1. The number of carbonyl (C=O) groups excluding carboxylic acids is 1. The lowest BCUT2D eigenvalue weighted by Crippen LogP contribution is -2.43. The topological polar surface area (TPSA) is 90.1 Å². The summed E-state index contributed by atoms with van der Waals surface area (Å²) >= 11 is 0. The fourth-order valence-electron chi connectivity index (χ4n) is 6.29. The maximum absolute atomic E-state index is 13.2. The minimum absolute atomic E-state index is 0.0683. The van der Waals surface area contributed by atoms with Crippen molar-refractivity contribution in [3.05, 3.63) is 65.5 Å². The molecule has 1 amide bonds. The molecule has 0 aliphatic heterocycles. The number of hydrogen-bond donors (Lipinski definition) is 5. The minimum atomic E-state index is -0.224. The van der Waals surface area contributed by atoms with E-state index in [4.69, 9.17) is 0 Å². The van der Waals surface area contributed by atoms with Crippen LogP contribution in [-0.4, -0.2) is 48.7 Å². The summed E-state index contributed by atoms with van der Waals surface area (Å²) in [6, 6.07) is 15.7. The quantitative estimate of drug-likeness (QED) is 0.145. The van der Waals surface area contributed by atoms with Gasteiger partial charge in [0.2, 0.25) is 5.91 Å². The molecule has 7 nitrogen and oxygen atoms in total. The van der Waals surface area contributed by atoms with E-state index in [0.717, 1.165) is 69.2 Å². The van der Waals surface area contributed by atoms with Crippen LogP contribution in [0.5, 0.6) is 0 Å². The maximum Gasteiger partial charge on any atom is 0.237 e. The molecule has 7 heteroatoms. The molecule has 0 spiro atoms. The van der Waals surface area contributed by atoms with E-state index in [1.54, 1.807) is 6.20 Å². The van der Waals surface area contributed by atoms with Gasteiger partial charge in [-0.25, -0.2) is 0 Å². The molecule has 0 bridgehead atoms. The number of benzene rings is 1. The van der Waals surface area contributed by atoms with E-state index in [1.807, 2.05) is 18.2 Å². The summed E-state index contributed by atoms with van der Waals surface area (Å²) < 4.78 is 0. The third-order valence-corrected chi connectivity index (χ3v) is 8.92. The summed E-state index contributed by atoms with van der Waals surface area (Å²) in [6.45, 7) is 5.19. The average molecular weight is 577 g/mol. The molecule has 2 saturated carbocycles. The molecule has 4 rings (SSSR count). The van der Waals surface area contributed by atoms with Gasteiger partial charge in [-0.15, -0.1) is 0 Å². The fourth-order valence-corrected chi connectivity index (χ4v) is 6.29. The van der Waals surface area contributed by atoms with Gasteiger partial charge in [0, 0.05) is 37.9 Å². The number of amides is 1. The Balaban J connectivity index is 1.13. The predicted octanol–water partition coefficient (Wildman–Crippen LogP) is 5.35. The van der Waals surface area contributed by atoms with Crippen molar-refractivity contribution < 1.29 is 4.79 Å². The Morgan fingerprint density at radius 2 is 1.36 bits per heavy atom. The van der Waals surface area contributed by atoms with Gasteiger partial charge in [0.15, 0.2) is 0 Å². The first-order chi connectivity index (χ1) is 20.8. The Hall–Kier alpha value is -2.32. The van der Waals surface area contributed by atoms with Crippen LogP contribution < -0.4 is 26.6 Å². The first kappa shape index (κ1) is 32.6. The van der Waals surface area contributed by atoms with Gasteiger partial charge < -0.3 is 26.6 Å². The number of aromatic nitrogens is 1. The highest BCUT2D eigenvalue weighted by Gasteiger charge is 2.18. The van der Waals surface area contributed by atoms with Crippen molar-refractivity contribution in [2.24, 2.45) is 0 Å². The average Bonchev–Trinajstić information content (AvgIpc) is 3.05.